The monoisotopic (exact) mass is 323 g/mol. The molecule has 1 saturated heterocycles. The molecule has 1 aromatic heterocycles. The largest absolute Gasteiger partial charge is 0.381 e. The van der Waals surface area contributed by atoms with E-state index >= 15 is 0 Å². The van der Waals surface area contributed by atoms with E-state index in [0.29, 0.717) is 32.6 Å². The van der Waals surface area contributed by atoms with Crippen LogP contribution < -0.4 is 11.1 Å². The van der Waals surface area contributed by atoms with Gasteiger partial charge in [0.1, 0.15) is 0 Å². The number of nitrogens with one attached hydrogen (secondary N) is 1. The number of anilines is 1. The Kier molecular flexibility index (Phi) is 4.80. The van der Waals surface area contributed by atoms with Crippen molar-refractivity contribution in [1.29, 1.82) is 0 Å². The minimum atomic E-state index is -0.490. The van der Waals surface area contributed by atoms with Crippen molar-refractivity contribution in [2.75, 3.05) is 25.1 Å². The zero-order valence-electron chi connectivity index (χ0n) is 13.2. The average molecular weight is 323 g/mol. The second-order valence-corrected chi connectivity index (χ2v) is 7.54. The summed E-state index contributed by atoms with van der Waals surface area (Å²) in [6.07, 6.45) is 5.96. The van der Waals surface area contributed by atoms with Gasteiger partial charge in [0.15, 0.2) is 5.13 Å². The van der Waals surface area contributed by atoms with E-state index in [1.54, 1.807) is 11.3 Å². The zero-order valence-corrected chi connectivity index (χ0v) is 14.0. The highest BCUT2D eigenvalue weighted by Gasteiger charge is 2.39. The molecule has 22 heavy (non-hydrogen) atoms. The minimum absolute atomic E-state index is 0.0106. The number of fused-ring (bicyclic) bond motifs is 1. The van der Waals surface area contributed by atoms with Crippen LogP contribution >= 0.6 is 11.3 Å². The third kappa shape index (κ3) is 3.05. The van der Waals surface area contributed by atoms with Gasteiger partial charge in [0.05, 0.1) is 11.1 Å². The first-order chi connectivity index (χ1) is 10.7. The quantitative estimate of drug-likeness (QED) is 0.891. The third-order valence-corrected chi connectivity index (χ3v) is 6.20. The number of hydrogen-bond donors (Lipinski definition) is 2. The molecule has 1 fully saturated rings. The van der Waals surface area contributed by atoms with E-state index in [2.05, 4.69) is 17.2 Å². The molecule has 6 heteroatoms. The van der Waals surface area contributed by atoms with Crippen molar-refractivity contribution < 1.29 is 9.53 Å². The first kappa shape index (κ1) is 15.9. The summed E-state index contributed by atoms with van der Waals surface area (Å²) in [6.45, 7) is 3.83. The van der Waals surface area contributed by atoms with Gasteiger partial charge in [-0.2, -0.15) is 0 Å². The fraction of sp³-hybridized carbons (Fsp3) is 0.750. The van der Waals surface area contributed by atoms with Gasteiger partial charge in [-0.1, -0.05) is 13.3 Å². The summed E-state index contributed by atoms with van der Waals surface area (Å²) in [7, 11) is 0. The van der Waals surface area contributed by atoms with E-state index in [1.165, 1.54) is 23.4 Å². The molecule has 0 aromatic carbocycles. The molecule has 0 radical (unpaired) electrons. The lowest BCUT2D eigenvalue weighted by Crippen LogP contribution is -2.46. The fourth-order valence-corrected chi connectivity index (χ4v) is 4.48. The molecule has 0 spiro atoms. The first-order valence-electron chi connectivity index (χ1n) is 8.24. The van der Waals surface area contributed by atoms with E-state index in [4.69, 9.17) is 10.5 Å². The Balaban J connectivity index is 1.70. The van der Waals surface area contributed by atoms with Gasteiger partial charge in [-0.25, -0.2) is 4.98 Å². The Bertz CT molecular complexity index is 537. The van der Waals surface area contributed by atoms with Crippen LogP contribution in [0.5, 0.6) is 0 Å². The molecular weight excluding hydrogens is 298 g/mol. The number of thiazole rings is 1. The Morgan fingerprint density at radius 1 is 1.50 bits per heavy atom. The number of carbonyl (C=O) groups excluding carboxylic acids is 1. The predicted octanol–water partition coefficient (Wildman–Crippen LogP) is 2.35. The average Bonchev–Trinajstić information content (AvgIpc) is 2.96. The van der Waals surface area contributed by atoms with Crippen LogP contribution in [0, 0.1) is 11.3 Å². The van der Waals surface area contributed by atoms with Crippen LogP contribution in [0.1, 0.15) is 43.2 Å². The number of hydrogen-bond acceptors (Lipinski definition) is 5. The van der Waals surface area contributed by atoms with Crippen LogP contribution in [0.2, 0.25) is 0 Å². The summed E-state index contributed by atoms with van der Waals surface area (Å²) in [5, 5.41) is 3.77. The van der Waals surface area contributed by atoms with Crippen LogP contribution in [-0.2, 0) is 22.4 Å². The predicted molar refractivity (Wildman–Crippen MR) is 88.1 cm³/mol. The maximum atomic E-state index is 12.7. The highest BCUT2D eigenvalue weighted by molar-refractivity contribution is 7.15. The van der Waals surface area contributed by atoms with Crippen molar-refractivity contribution in [3.63, 3.8) is 0 Å². The lowest BCUT2D eigenvalue weighted by molar-refractivity contribution is -0.130. The van der Waals surface area contributed by atoms with E-state index < -0.39 is 5.41 Å². The zero-order chi connectivity index (χ0) is 15.6. The first-order valence-corrected chi connectivity index (χ1v) is 9.06. The molecule has 0 saturated carbocycles. The summed E-state index contributed by atoms with van der Waals surface area (Å²) in [4.78, 5) is 18.7. The van der Waals surface area contributed by atoms with Crippen molar-refractivity contribution >= 4 is 22.4 Å². The number of nitrogens with zero attached hydrogens (tertiary/aromatic N) is 1. The molecular formula is C16H25N3O2S. The van der Waals surface area contributed by atoms with Gasteiger partial charge in [0.25, 0.3) is 0 Å². The van der Waals surface area contributed by atoms with Gasteiger partial charge < -0.3 is 15.8 Å². The Morgan fingerprint density at radius 3 is 2.95 bits per heavy atom. The van der Waals surface area contributed by atoms with Crippen LogP contribution in [0.25, 0.3) is 0 Å². The highest BCUT2D eigenvalue weighted by atomic mass is 32.1. The molecule has 1 atom stereocenters. The molecule has 122 valence electrons. The number of aryl methyl sites for hydroxylation is 1. The van der Waals surface area contributed by atoms with Crippen LogP contribution in [0.15, 0.2) is 0 Å². The maximum absolute atomic E-state index is 12.7. The summed E-state index contributed by atoms with van der Waals surface area (Å²) in [6, 6.07) is 0. The van der Waals surface area contributed by atoms with Crippen molar-refractivity contribution in [2.24, 2.45) is 17.1 Å². The number of carbonyl (C=O) groups is 1. The molecule has 2 heterocycles. The smallest absolute Gasteiger partial charge is 0.233 e. The molecule has 1 unspecified atom stereocenters. The van der Waals surface area contributed by atoms with E-state index in [0.717, 1.165) is 23.9 Å². The van der Waals surface area contributed by atoms with Crippen molar-refractivity contribution in [3.8, 4) is 0 Å². The summed E-state index contributed by atoms with van der Waals surface area (Å²) in [5.74, 6) is 0.777. The highest BCUT2D eigenvalue weighted by Crippen LogP contribution is 2.35. The third-order valence-electron chi connectivity index (χ3n) is 5.16. The standard InChI is InChI=1S/C16H25N3O2S/c1-2-11-3-4-12-13(9-11)22-15(18-12)19-14(20)16(10-17)5-7-21-8-6-16/h11H,2-10,17H2,1H3,(H,18,19,20). The molecule has 0 bridgehead atoms. The van der Waals surface area contributed by atoms with Gasteiger partial charge in [0.2, 0.25) is 5.91 Å². The lowest BCUT2D eigenvalue weighted by atomic mass is 9.79. The summed E-state index contributed by atoms with van der Waals surface area (Å²) < 4.78 is 5.37. The van der Waals surface area contributed by atoms with Crippen LogP contribution in [0.4, 0.5) is 5.13 Å². The molecule has 1 aromatic rings. The Morgan fingerprint density at radius 2 is 2.27 bits per heavy atom. The van der Waals surface area contributed by atoms with Gasteiger partial charge >= 0.3 is 0 Å². The Labute approximate surface area is 135 Å². The summed E-state index contributed by atoms with van der Waals surface area (Å²) >= 11 is 1.64. The molecule has 3 rings (SSSR count). The molecule has 1 amide bonds. The second-order valence-electron chi connectivity index (χ2n) is 6.46. The number of nitrogens with two attached hydrogens (primary N) is 1. The van der Waals surface area contributed by atoms with Crippen molar-refractivity contribution in [2.45, 2.75) is 45.4 Å². The van der Waals surface area contributed by atoms with Gasteiger partial charge in [-0.15, -0.1) is 11.3 Å². The van der Waals surface area contributed by atoms with E-state index in [9.17, 15) is 4.79 Å². The van der Waals surface area contributed by atoms with Crippen molar-refractivity contribution in [1.82, 2.24) is 4.98 Å². The SMILES string of the molecule is CCC1CCc2nc(NC(=O)C3(CN)CCOCC3)sc2C1. The number of amides is 1. The lowest BCUT2D eigenvalue weighted by Gasteiger charge is -2.34. The molecule has 3 N–H and O–H groups in total. The number of rotatable bonds is 4. The second kappa shape index (κ2) is 6.64. The number of aromatic nitrogens is 1. The molecule has 5 nitrogen and oxygen atoms in total. The van der Waals surface area contributed by atoms with Crippen molar-refractivity contribution in [3.05, 3.63) is 10.6 Å². The van der Waals surface area contributed by atoms with Gasteiger partial charge in [0, 0.05) is 24.6 Å². The van der Waals surface area contributed by atoms with Crippen LogP contribution in [-0.4, -0.2) is 30.6 Å². The van der Waals surface area contributed by atoms with Gasteiger partial charge in [-0.3, -0.25) is 4.79 Å². The van der Waals surface area contributed by atoms with Crippen LogP contribution in [0.3, 0.4) is 0 Å². The minimum Gasteiger partial charge on any atom is -0.381 e. The van der Waals surface area contributed by atoms with Gasteiger partial charge in [-0.05, 0) is 38.0 Å². The maximum Gasteiger partial charge on any atom is 0.233 e. The van der Waals surface area contributed by atoms with E-state index in [1.807, 2.05) is 0 Å². The fourth-order valence-electron chi connectivity index (χ4n) is 3.36. The normalized spacial score (nSPS) is 23.8. The van der Waals surface area contributed by atoms with E-state index in [-0.39, 0.29) is 5.91 Å². The topological polar surface area (TPSA) is 77.2 Å². The molecule has 1 aliphatic carbocycles. The Hall–Kier alpha value is -0.980. The molecule has 2 aliphatic rings. The number of ether oxygens (including phenoxy) is 1. The summed E-state index contributed by atoms with van der Waals surface area (Å²) in [5.41, 5.74) is 6.58. The molecule has 1 aliphatic heterocycles.